The molecule has 18 heavy (non-hydrogen) atoms. The molecule has 1 rings (SSSR count). The van der Waals surface area contributed by atoms with Gasteiger partial charge >= 0.3 is 0 Å². The van der Waals surface area contributed by atoms with Crippen molar-refractivity contribution in [1.82, 2.24) is 9.97 Å². The fraction of sp³-hybridized carbons (Fsp3) is 0.692. The topological polar surface area (TPSA) is 67.1 Å². The van der Waals surface area contributed by atoms with Crippen LogP contribution in [-0.2, 0) is 6.42 Å². The lowest BCUT2D eigenvalue weighted by atomic mass is 9.99. The van der Waals surface area contributed by atoms with Gasteiger partial charge in [0, 0.05) is 18.2 Å². The van der Waals surface area contributed by atoms with Gasteiger partial charge in [0.25, 0.3) is 0 Å². The van der Waals surface area contributed by atoms with Gasteiger partial charge in [0.2, 0.25) is 0 Å². The smallest absolute Gasteiger partial charge is 0.148 e. The standard InChI is InChI=1S/C13H25N5/c1-6-8-10-11(17-14)15-9-16-12(10)18(5)13(3,4)7-2/h9H,6-8,14H2,1-5H3,(H,15,16,17). The maximum atomic E-state index is 5.53. The minimum Gasteiger partial charge on any atom is -0.354 e. The quantitative estimate of drug-likeness (QED) is 0.600. The fourth-order valence-electron chi connectivity index (χ4n) is 1.82. The van der Waals surface area contributed by atoms with E-state index in [1.54, 1.807) is 6.33 Å². The molecule has 0 saturated carbocycles. The number of nitrogens with one attached hydrogen (secondary N) is 1. The Morgan fingerprint density at radius 3 is 2.50 bits per heavy atom. The zero-order chi connectivity index (χ0) is 13.8. The Balaban J connectivity index is 3.22. The Labute approximate surface area is 110 Å². The van der Waals surface area contributed by atoms with Crippen LogP contribution < -0.4 is 16.2 Å². The first kappa shape index (κ1) is 14.7. The minimum absolute atomic E-state index is 0.0582. The Morgan fingerprint density at radius 1 is 1.33 bits per heavy atom. The number of nitrogen functional groups attached to an aromatic ring is 1. The number of rotatable bonds is 6. The number of aromatic nitrogens is 2. The summed E-state index contributed by atoms with van der Waals surface area (Å²) in [6.45, 7) is 8.74. The van der Waals surface area contributed by atoms with Gasteiger partial charge in [-0.05, 0) is 26.7 Å². The molecule has 0 amide bonds. The predicted octanol–water partition coefficient (Wildman–Crippen LogP) is 2.34. The normalized spacial score (nSPS) is 11.4. The van der Waals surface area contributed by atoms with E-state index in [4.69, 9.17) is 5.84 Å². The highest BCUT2D eigenvalue weighted by Crippen LogP contribution is 2.29. The third-order valence-electron chi connectivity index (χ3n) is 3.65. The van der Waals surface area contributed by atoms with Crippen molar-refractivity contribution in [3.05, 3.63) is 11.9 Å². The number of hydrogen-bond donors (Lipinski definition) is 2. The van der Waals surface area contributed by atoms with E-state index >= 15 is 0 Å². The van der Waals surface area contributed by atoms with E-state index in [0.717, 1.165) is 36.5 Å². The maximum absolute atomic E-state index is 5.53. The van der Waals surface area contributed by atoms with Crippen molar-refractivity contribution in [3.63, 3.8) is 0 Å². The van der Waals surface area contributed by atoms with Crippen molar-refractivity contribution in [2.45, 2.75) is 52.5 Å². The molecule has 3 N–H and O–H groups in total. The van der Waals surface area contributed by atoms with Gasteiger partial charge in [0.15, 0.2) is 0 Å². The van der Waals surface area contributed by atoms with Crippen LogP contribution in [0.1, 0.15) is 46.1 Å². The van der Waals surface area contributed by atoms with Gasteiger partial charge in [-0.1, -0.05) is 20.3 Å². The van der Waals surface area contributed by atoms with Crippen molar-refractivity contribution >= 4 is 11.6 Å². The summed E-state index contributed by atoms with van der Waals surface area (Å²) < 4.78 is 0. The molecule has 0 aromatic carbocycles. The molecule has 0 aliphatic rings. The molecule has 0 aliphatic heterocycles. The van der Waals surface area contributed by atoms with Crippen LogP contribution in [-0.4, -0.2) is 22.6 Å². The minimum atomic E-state index is 0.0582. The molecule has 5 heteroatoms. The highest BCUT2D eigenvalue weighted by Gasteiger charge is 2.25. The lowest BCUT2D eigenvalue weighted by Gasteiger charge is -2.37. The van der Waals surface area contributed by atoms with E-state index in [9.17, 15) is 0 Å². The molecular weight excluding hydrogens is 226 g/mol. The lowest BCUT2D eigenvalue weighted by Crippen LogP contribution is -2.41. The molecule has 1 heterocycles. The van der Waals surface area contributed by atoms with E-state index in [2.05, 4.69) is 55.0 Å². The summed E-state index contributed by atoms with van der Waals surface area (Å²) in [5.74, 6) is 7.22. The third kappa shape index (κ3) is 2.90. The van der Waals surface area contributed by atoms with Crippen LogP contribution in [0.15, 0.2) is 6.33 Å². The van der Waals surface area contributed by atoms with Crippen LogP contribution in [0, 0.1) is 0 Å². The summed E-state index contributed by atoms with van der Waals surface area (Å²) in [4.78, 5) is 10.8. The van der Waals surface area contributed by atoms with Crippen LogP contribution in [0.25, 0.3) is 0 Å². The molecule has 0 atom stereocenters. The second-order valence-electron chi connectivity index (χ2n) is 5.14. The molecule has 5 nitrogen and oxygen atoms in total. The molecule has 0 bridgehead atoms. The summed E-state index contributed by atoms with van der Waals surface area (Å²) in [6.07, 6.45) is 4.56. The summed E-state index contributed by atoms with van der Waals surface area (Å²) in [5, 5.41) is 0. The molecule has 0 spiro atoms. The van der Waals surface area contributed by atoms with E-state index in [1.807, 2.05) is 0 Å². The summed E-state index contributed by atoms with van der Waals surface area (Å²) in [7, 11) is 2.07. The van der Waals surface area contributed by atoms with Gasteiger partial charge in [0.05, 0.1) is 0 Å². The first-order valence-electron chi connectivity index (χ1n) is 6.52. The molecule has 0 fully saturated rings. The monoisotopic (exact) mass is 251 g/mol. The molecule has 0 aliphatic carbocycles. The van der Waals surface area contributed by atoms with E-state index in [-0.39, 0.29) is 5.54 Å². The molecule has 102 valence electrons. The zero-order valence-corrected chi connectivity index (χ0v) is 12.1. The average Bonchev–Trinajstić information content (AvgIpc) is 2.38. The van der Waals surface area contributed by atoms with Crippen molar-refractivity contribution in [3.8, 4) is 0 Å². The Kier molecular flexibility index (Phi) is 4.90. The van der Waals surface area contributed by atoms with E-state index in [0.29, 0.717) is 0 Å². The number of nitrogens with two attached hydrogens (primary N) is 1. The molecular formula is C13H25N5. The van der Waals surface area contributed by atoms with Crippen LogP contribution in [0.5, 0.6) is 0 Å². The Morgan fingerprint density at radius 2 is 2.00 bits per heavy atom. The predicted molar refractivity (Wildman–Crippen MR) is 76.6 cm³/mol. The number of hydrazine groups is 1. The van der Waals surface area contributed by atoms with E-state index in [1.165, 1.54) is 0 Å². The fourth-order valence-corrected chi connectivity index (χ4v) is 1.82. The largest absolute Gasteiger partial charge is 0.354 e. The molecule has 0 radical (unpaired) electrons. The first-order valence-corrected chi connectivity index (χ1v) is 6.52. The van der Waals surface area contributed by atoms with Crippen LogP contribution in [0.4, 0.5) is 11.6 Å². The van der Waals surface area contributed by atoms with E-state index < -0.39 is 0 Å². The SMILES string of the molecule is CCCc1c(NN)ncnc1N(C)C(C)(C)CC. The molecule has 0 unspecified atom stereocenters. The van der Waals surface area contributed by atoms with Gasteiger partial charge in [-0.15, -0.1) is 0 Å². The Bertz CT molecular complexity index is 389. The lowest BCUT2D eigenvalue weighted by molar-refractivity contribution is 0.465. The average molecular weight is 251 g/mol. The molecule has 1 aromatic rings. The summed E-state index contributed by atoms with van der Waals surface area (Å²) in [5.41, 5.74) is 3.81. The molecule has 1 aromatic heterocycles. The van der Waals surface area contributed by atoms with Crippen molar-refractivity contribution in [2.75, 3.05) is 17.4 Å². The summed E-state index contributed by atoms with van der Waals surface area (Å²) in [6, 6.07) is 0. The number of hydrogen-bond acceptors (Lipinski definition) is 5. The van der Waals surface area contributed by atoms with Crippen LogP contribution in [0.2, 0.25) is 0 Å². The van der Waals surface area contributed by atoms with Crippen molar-refractivity contribution in [1.29, 1.82) is 0 Å². The van der Waals surface area contributed by atoms with Crippen LogP contribution >= 0.6 is 0 Å². The highest BCUT2D eigenvalue weighted by molar-refractivity contribution is 5.59. The van der Waals surface area contributed by atoms with Gasteiger partial charge < -0.3 is 10.3 Å². The number of anilines is 2. The maximum Gasteiger partial charge on any atom is 0.148 e. The van der Waals surface area contributed by atoms with Gasteiger partial charge in [-0.3, -0.25) is 0 Å². The third-order valence-corrected chi connectivity index (χ3v) is 3.65. The molecule has 0 saturated heterocycles. The second-order valence-corrected chi connectivity index (χ2v) is 5.14. The van der Waals surface area contributed by atoms with Crippen molar-refractivity contribution in [2.24, 2.45) is 5.84 Å². The Hall–Kier alpha value is -1.36. The summed E-state index contributed by atoms with van der Waals surface area (Å²) >= 11 is 0. The number of nitrogens with zero attached hydrogens (tertiary/aromatic N) is 3. The van der Waals surface area contributed by atoms with Gasteiger partial charge in [0.1, 0.15) is 18.0 Å². The van der Waals surface area contributed by atoms with Crippen LogP contribution in [0.3, 0.4) is 0 Å². The van der Waals surface area contributed by atoms with Gasteiger partial charge in [-0.25, -0.2) is 15.8 Å². The first-order chi connectivity index (χ1) is 8.47. The zero-order valence-electron chi connectivity index (χ0n) is 12.1. The van der Waals surface area contributed by atoms with Crippen molar-refractivity contribution < 1.29 is 0 Å². The highest BCUT2D eigenvalue weighted by atomic mass is 15.3. The second kappa shape index (κ2) is 6.00. The van der Waals surface area contributed by atoms with Gasteiger partial charge in [-0.2, -0.15) is 0 Å².